The van der Waals surface area contributed by atoms with Crippen molar-refractivity contribution in [2.45, 2.75) is 25.9 Å². The average Bonchev–Trinajstić information content (AvgIpc) is 2.52. The quantitative estimate of drug-likeness (QED) is 0.642. The summed E-state index contributed by atoms with van der Waals surface area (Å²) in [6.07, 6.45) is 1.91. The number of hydrogen-bond donors (Lipinski definition) is 2. The zero-order valence-electron chi connectivity index (χ0n) is 7.34. The molecule has 13 heavy (non-hydrogen) atoms. The Morgan fingerprint density at radius 3 is 3.00 bits per heavy atom. The number of aryl methyl sites for hydroxylation is 1. The summed E-state index contributed by atoms with van der Waals surface area (Å²) in [6, 6.07) is -0.901. The number of nitrogens with zero attached hydrogens (tertiary/aromatic N) is 3. The second-order valence-electron chi connectivity index (χ2n) is 2.71. The summed E-state index contributed by atoms with van der Waals surface area (Å²) in [6.45, 7) is 2.64. The number of carboxylic acids is 1. The topological polar surface area (TPSA) is 94.0 Å². The van der Waals surface area contributed by atoms with Crippen LogP contribution in [0.15, 0.2) is 6.20 Å². The first-order valence-electron chi connectivity index (χ1n) is 4.01. The number of hydrogen-bond acceptors (Lipinski definition) is 4. The molecule has 0 aliphatic heterocycles. The van der Waals surface area contributed by atoms with E-state index < -0.39 is 12.0 Å². The van der Waals surface area contributed by atoms with Gasteiger partial charge in [0.25, 0.3) is 0 Å². The standard InChI is InChI=1S/C7H12N4O2/c1-2-11-4-5(9-10-11)3-6(8)7(12)13/h4,6H,2-3,8H2,1H3,(H,12,13). The number of carboxylic acid groups (broad SMARTS) is 1. The number of nitrogens with two attached hydrogens (primary N) is 1. The van der Waals surface area contributed by atoms with Crippen LogP contribution in [-0.2, 0) is 17.8 Å². The Balaban J connectivity index is 2.58. The highest BCUT2D eigenvalue weighted by molar-refractivity contribution is 5.73. The lowest BCUT2D eigenvalue weighted by Crippen LogP contribution is -2.32. The van der Waals surface area contributed by atoms with Crippen molar-refractivity contribution in [3.05, 3.63) is 11.9 Å². The smallest absolute Gasteiger partial charge is 0.320 e. The maximum Gasteiger partial charge on any atom is 0.320 e. The Kier molecular flexibility index (Phi) is 2.97. The number of aliphatic carboxylic acids is 1. The normalized spacial score (nSPS) is 12.8. The fourth-order valence-electron chi connectivity index (χ4n) is 0.899. The molecule has 0 amide bonds. The van der Waals surface area contributed by atoms with Crippen molar-refractivity contribution in [3.8, 4) is 0 Å². The van der Waals surface area contributed by atoms with Gasteiger partial charge in [-0.05, 0) is 6.92 Å². The van der Waals surface area contributed by atoms with Crippen LogP contribution in [0, 0.1) is 0 Å². The van der Waals surface area contributed by atoms with Crippen LogP contribution >= 0.6 is 0 Å². The Bertz CT molecular complexity index is 296. The molecule has 1 unspecified atom stereocenters. The van der Waals surface area contributed by atoms with Gasteiger partial charge in [-0.2, -0.15) is 0 Å². The van der Waals surface area contributed by atoms with Gasteiger partial charge in [0.05, 0.1) is 5.69 Å². The number of carbonyl (C=O) groups is 1. The summed E-state index contributed by atoms with van der Waals surface area (Å²) >= 11 is 0. The van der Waals surface area contributed by atoms with Crippen LogP contribution in [0.4, 0.5) is 0 Å². The third-order valence-corrected chi connectivity index (χ3v) is 1.66. The molecular formula is C7H12N4O2. The second kappa shape index (κ2) is 3.99. The van der Waals surface area contributed by atoms with E-state index in [9.17, 15) is 4.79 Å². The molecule has 0 bridgehead atoms. The van der Waals surface area contributed by atoms with E-state index in [0.29, 0.717) is 5.69 Å². The lowest BCUT2D eigenvalue weighted by molar-refractivity contribution is -0.138. The molecule has 0 fully saturated rings. The van der Waals surface area contributed by atoms with Gasteiger partial charge in [0.1, 0.15) is 6.04 Å². The van der Waals surface area contributed by atoms with Gasteiger partial charge in [0.15, 0.2) is 0 Å². The monoisotopic (exact) mass is 184 g/mol. The first-order chi connectivity index (χ1) is 6.13. The Hall–Kier alpha value is -1.43. The summed E-state index contributed by atoms with van der Waals surface area (Å²) in [4.78, 5) is 10.4. The first-order valence-corrected chi connectivity index (χ1v) is 4.01. The number of rotatable bonds is 4. The van der Waals surface area contributed by atoms with Crippen LogP contribution in [0.5, 0.6) is 0 Å². The minimum Gasteiger partial charge on any atom is -0.480 e. The van der Waals surface area contributed by atoms with Crippen molar-refractivity contribution in [3.63, 3.8) is 0 Å². The molecule has 0 aliphatic rings. The van der Waals surface area contributed by atoms with E-state index in [2.05, 4.69) is 10.3 Å². The highest BCUT2D eigenvalue weighted by atomic mass is 16.4. The Morgan fingerprint density at radius 1 is 1.85 bits per heavy atom. The van der Waals surface area contributed by atoms with Crippen molar-refractivity contribution in [2.75, 3.05) is 0 Å². The van der Waals surface area contributed by atoms with Gasteiger partial charge in [-0.3, -0.25) is 9.48 Å². The van der Waals surface area contributed by atoms with Gasteiger partial charge in [-0.1, -0.05) is 5.21 Å². The van der Waals surface area contributed by atoms with Crippen LogP contribution < -0.4 is 5.73 Å². The molecular weight excluding hydrogens is 172 g/mol. The number of aromatic nitrogens is 3. The Labute approximate surface area is 75.3 Å². The minimum absolute atomic E-state index is 0.218. The molecule has 1 aromatic heterocycles. The summed E-state index contributed by atoms with van der Waals surface area (Å²) in [5, 5.41) is 16.1. The molecule has 1 heterocycles. The third-order valence-electron chi connectivity index (χ3n) is 1.66. The lowest BCUT2D eigenvalue weighted by atomic mass is 10.2. The summed E-state index contributed by atoms with van der Waals surface area (Å²) in [5.41, 5.74) is 5.93. The molecule has 72 valence electrons. The van der Waals surface area contributed by atoms with Crippen molar-refractivity contribution >= 4 is 5.97 Å². The van der Waals surface area contributed by atoms with Crippen LogP contribution in [0.25, 0.3) is 0 Å². The average molecular weight is 184 g/mol. The maximum atomic E-state index is 10.4. The zero-order chi connectivity index (χ0) is 9.84. The van der Waals surface area contributed by atoms with Crippen LogP contribution in [0.2, 0.25) is 0 Å². The van der Waals surface area contributed by atoms with Gasteiger partial charge in [-0.15, -0.1) is 5.10 Å². The fourth-order valence-corrected chi connectivity index (χ4v) is 0.899. The minimum atomic E-state index is -1.02. The van der Waals surface area contributed by atoms with Gasteiger partial charge in [0, 0.05) is 19.2 Å². The maximum absolute atomic E-state index is 10.4. The second-order valence-corrected chi connectivity index (χ2v) is 2.71. The van der Waals surface area contributed by atoms with E-state index in [-0.39, 0.29) is 6.42 Å². The van der Waals surface area contributed by atoms with Gasteiger partial charge in [-0.25, -0.2) is 0 Å². The first kappa shape index (κ1) is 9.66. The summed E-state index contributed by atoms with van der Waals surface area (Å²) in [7, 11) is 0. The van der Waals surface area contributed by atoms with Crippen LogP contribution in [-0.4, -0.2) is 32.1 Å². The van der Waals surface area contributed by atoms with E-state index in [1.54, 1.807) is 10.9 Å². The molecule has 0 aromatic carbocycles. The van der Waals surface area contributed by atoms with Gasteiger partial charge < -0.3 is 10.8 Å². The predicted octanol–water partition coefficient (Wildman–Crippen LogP) is -0.748. The summed E-state index contributed by atoms with van der Waals surface area (Å²) in [5.74, 6) is -1.02. The SMILES string of the molecule is CCn1cc(CC(N)C(=O)O)nn1. The Morgan fingerprint density at radius 2 is 2.54 bits per heavy atom. The largest absolute Gasteiger partial charge is 0.480 e. The fraction of sp³-hybridized carbons (Fsp3) is 0.571. The molecule has 1 atom stereocenters. The molecule has 1 rings (SSSR count). The molecule has 6 heteroatoms. The molecule has 0 saturated heterocycles. The lowest BCUT2D eigenvalue weighted by Gasteiger charge is -2.01. The molecule has 3 N–H and O–H groups in total. The van der Waals surface area contributed by atoms with Gasteiger partial charge >= 0.3 is 5.97 Å². The predicted molar refractivity (Wildman–Crippen MR) is 45.0 cm³/mol. The van der Waals surface area contributed by atoms with Crippen molar-refractivity contribution in [1.82, 2.24) is 15.0 Å². The molecule has 0 aliphatic carbocycles. The van der Waals surface area contributed by atoms with Crippen molar-refractivity contribution < 1.29 is 9.90 Å². The molecule has 0 spiro atoms. The van der Waals surface area contributed by atoms with Crippen molar-refractivity contribution in [1.29, 1.82) is 0 Å². The molecule has 1 aromatic rings. The molecule has 6 nitrogen and oxygen atoms in total. The highest BCUT2D eigenvalue weighted by Gasteiger charge is 2.13. The van der Waals surface area contributed by atoms with E-state index in [1.807, 2.05) is 6.92 Å². The van der Waals surface area contributed by atoms with Crippen LogP contribution in [0.1, 0.15) is 12.6 Å². The van der Waals surface area contributed by atoms with Crippen molar-refractivity contribution in [2.24, 2.45) is 5.73 Å². The van der Waals surface area contributed by atoms with E-state index >= 15 is 0 Å². The van der Waals surface area contributed by atoms with E-state index in [4.69, 9.17) is 10.8 Å². The highest BCUT2D eigenvalue weighted by Crippen LogP contribution is 1.97. The third kappa shape index (κ3) is 2.51. The molecule has 0 saturated carbocycles. The summed E-state index contributed by atoms with van der Waals surface area (Å²) < 4.78 is 1.63. The zero-order valence-corrected chi connectivity index (χ0v) is 7.34. The molecule has 0 radical (unpaired) electrons. The van der Waals surface area contributed by atoms with Gasteiger partial charge in [0.2, 0.25) is 0 Å². The van der Waals surface area contributed by atoms with E-state index in [1.165, 1.54) is 0 Å². The van der Waals surface area contributed by atoms with E-state index in [0.717, 1.165) is 6.54 Å². The van der Waals surface area contributed by atoms with Crippen LogP contribution in [0.3, 0.4) is 0 Å².